The summed E-state index contributed by atoms with van der Waals surface area (Å²) in [6.07, 6.45) is 1.51. The van der Waals surface area contributed by atoms with Gasteiger partial charge >= 0.3 is 0 Å². The lowest BCUT2D eigenvalue weighted by molar-refractivity contribution is -0.126. The van der Waals surface area contributed by atoms with Gasteiger partial charge in [0.15, 0.2) is 5.78 Å². The first-order chi connectivity index (χ1) is 10.2. The molecule has 1 heterocycles. The van der Waals surface area contributed by atoms with E-state index < -0.39 is 6.10 Å². The minimum absolute atomic E-state index is 0.147. The molecule has 3 heteroatoms. The summed E-state index contributed by atoms with van der Waals surface area (Å²) in [4.78, 5) is 15.3. The molecule has 1 atom stereocenters. The van der Waals surface area contributed by atoms with E-state index in [1.54, 1.807) is 0 Å². The molecule has 2 N–H and O–H groups in total. The van der Waals surface area contributed by atoms with Crippen LogP contribution in [0.15, 0.2) is 60.8 Å². The molecule has 1 aromatic heterocycles. The summed E-state index contributed by atoms with van der Waals surface area (Å²) in [5.74, 6) is -0.147. The summed E-state index contributed by atoms with van der Waals surface area (Å²) >= 11 is 0. The van der Waals surface area contributed by atoms with E-state index in [0.29, 0.717) is 6.42 Å². The fourth-order valence-corrected chi connectivity index (χ4v) is 2.54. The first-order valence-electron chi connectivity index (χ1n) is 7.04. The van der Waals surface area contributed by atoms with Gasteiger partial charge in [-0.1, -0.05) is 48.5 Å². The fourth-order valence-electron chi connectivity index (χ4n) is 2.54. The second kappa shape index (κ2) is 5.94. The third kappa shape index (κ3) is 3.03. The van der Waals surface area contributed by atoms with Crippen LogP contribution in [0.5, 0.6) is 0 Å². The van der Waals surface area contributed by atoms with Gasteiger partial charge in [0.25, 0.3) is 0 Å². The van der Waals surface area contributed by atoms with Crippen LogP contribution in [0.1, 0.15) is 11.1 Å². The van der Waals surface area contributed by atoms with Crippen molar-refractivity contribution in [2.24, 2.45) is 0 Å². The Labute approximate surface area is 123 Å². The van der Waals surface area contributed by atoms with Crippen molar-refractivity contribution >= 4 is 16.7 Å². The van der Waals surface area contributed by atoms with Crippen LogP contribution < -0.4 is 0 Å². The van der Waals surface area contributed by atoms with Crippen molar-refractivity contribution in [2.45, 2.75) is 18.9 Å². The second-order valence-electron chi connectivity index (χ2n) is 5.21. The van der Waals surface area contributed by atoms with Crippen molar-refractivity contribution < 1.29 is 9.90 Å². The minimum Gasteiger partial charge on any atom is -0.385 e. The number of aliphatic hydroxyl groups excluding tert-OH is 1. The highest BCUT2D eigenvalue weighted by Crippen LogP contribution is 2.19. The van der Waals surface area contributed by atoms with Gasteiger partial charge in [0.05, 0.1) is 0 Å². The molecule has 0 aliphatic rings. The molecule has 106 valence electrons. The summed E-state index contributed by atoms with van der Waals surface area (Å²) < 4.78 is 0. The van der Waals surface area contributed by atoms with Crippen molar-refractivity contribution in [2.75, 3.05) is 0 Å². The topological polar surface area (TPSA) is 53.1 Å². The van der Waals surface area contributed by atoms with Crippen molar-refractivity contribution in [1.29, 1.82) is 0 Å². The van der Waals surface area contributed by atoms with Gasteiger partial charge < -0.3 is 10.1 Å². The molecule has 0 bridgehead atoms. The Bertz CT molecular complexity index is 746. The van der Waals surface area contributed by atoms with Crippen LogP contribution in [0, 0.1) is 0 Å². The van der Waals surface area contributed by atoms with E-state index in [2.05, 4.69) is 4.98 Å². The van der Waals surface area contributed by atoms with Crippen LogP contribution >= 0.6 is 0 Å². The average molecular weight is 279 g/mol. The predicted octanol–water partition coefficient (Wildman–Crippen LogP) is 2.88. The van der Waals surface area contributed by atoms with Gasteiger partial charge in [-0.3, -0.25) is 4.79 Å². The van der Waals surface area contributed by atoms with E-state index in [0.717, 1.165) is 22.0 Å². The maximum absolute atomic E-state index is 12.1. The van der Waals surface area contributed by atoms with E-state index in [1.807, 2.05) is 60.8 Å². The number of para-hydroxylation sites is 1. The second-order valence-corrected chi connectivity index (χ2v) is 5.21. The fraction of sp³-hybridized carbons (Fsp3) is 0.167. The van der Waals surface area contributed by atoms with Gasteiger partial charge in [0.1, 0.15) is 6.10 Å². The summed E-state index contributed by atoms with van der Waals surface area (Å²) in [5.41, 5.74) is 2.93. The Morgan fingerprint density at radius 2 is 1.76 bits per heavy atom. The van der Waals surface area contributed by atoms with Crippen LogP contribution in [0.25, 0.3) is 10.9 Å². The standard InChI is InChI=1S/C18H17NO2/c20-17(10-13-6-2-1-3-7-13)18(21)11-14-12-19-16-9-5-4-8-15(14)16/h1-9,12,18-19,21H,10-11H2/t18-/m1/s1. The van der Waals surface area contributed by atoms with Crippen molar-refractivity contribution in [3.63, 3.8) is 0 Å². The molecule has 0 radical (unpaired) electrons. The van der Waals surface area contributed by atoms with E-state index in [-0.39, 0.29) is 12.2 Å². The maximum atomic E-state index is 12.1. The van der Waals surface area contributed by atoms with E-state index >= 15 is 0 Å². The number of nitrogens with one attached hydrogen (secondary N) is 1. The van der Waals surface area contributed by atoms with Gasteiger partial charge in [0, 0.05) is 29.9 Å². The quantitative estimate of drug-likeness (QED) is 0.754. The number of Topliss-reactive ketones (excluding diaryl/α,β-unsaturated/α-hetero) is 1. The number of aromatic amines is 1. The lowest BCUT2D eigenvalue weighted by atomic mass is 10.00. The molecule has 0 spiro atoms. The first-order valence-corrected chi connectivity index (χ1v) is 7.04. The largest absolute Gasteiger partial charge is 0.385 e. The number of rotatable bonds is 5. The number of hydrogen-bond acceptors (Lipinski definition) is 2. The number of aromatic nitrogens is 1. The Hall–Kier alpha value is -2.39. The van der Waals surface area contributed by atoms with Gasteiger partial charge in [-0.2, -0.15) is 0 Å². The van der Waals surface area contributed by atoms with Crippen molar-refractivity contribution in [3.05, 3.63) is 71.9 Å². The van der Waals surface area contributed by atoms with Gasteiger partial charge in [0.2, 0.25) is 0 Å². The van der Waals surface area contributed by atoms with E-state index in [4.69, 9.17) is 0 Å². The first kappa shape index (κ1) is 13.6. The zero-order valence-electron chi connectivity index (χ0n) is 11.6. The molecule has 0 aliphatic carbocycles. The number of carbonyl (C=O) groups is 1. The lowest BCUT2D eigenvalue weighted by Gasteiger charge is -2.09. The zero-order chi connectivity index (χ0) is 14.7. The number of H-pyrrole nitrogens is 1. The molecule has 3 rings (SSSR count). The molecule has 0 aliphatic heterocycles. The molecule has 0 unspecified atom stereocenters. The summed E-state index contributed by atoms with van der Waals surface area (Å²) in [5, 5.41) is 11.2. The molecule has 2 aromatic carbocycles. The third-order valence-electron chi connectivity index (χ3n) is 3.68. The van der Waals surface area contributed by atoms with Crippen LogP contribution in [0.2, 0.25) is 0 Å². The number of hydrogen-bond donors (Lipinski definition) is 2. The summed E-state index contributed by atoms with van der Waals surface area (Å²) in [6.45, 7) is 0. The van der Waals surface area contributed by atoms with Crippen molar-refractivity contribution in [1.82, 2.24) is 4.98 Å². The average Bonchev–Trinajstić information content (AvgIpc) is 2.91. The molecular weight excluding hydrogens is 262 g/mol. The predicted molar refractivity (Wildman–Crippen MR) is 83.2 cm³/mol. The summed E-state index contributed by atoms with van der Waals surface area (Å²) in [6, 6.07) is 17.4. The Morgan fingerprint density at radius 1 is 1.05 bits per heavy atom. The van der Waals surface area contributed by atoms with Gasteiger partial charge in [-0.05, 0) is 17.2 Å². The molecule has 0 saturated heterocycles. The molecule has 0 amide bonds. The highest BCUT2D eigenvalue weighted by Gasteiger charge is 2.17. The molecule has 3 aromatic rings. The Balaban J connectivity index is 1.71. The number of benzene rings is 2. The molecule has 21 heavy (non-hydrogen) atoms. The smallest absolute Gasteiger partial charge is 0.165 e. The SMILES string of the molecule is O=C(Cc1ccccc1)[C@H](O)Cc1c[nH]c2ccccc12. The monoisotopic (exact) mass is 279 g/mol. The van der Waals surface area contributed by atoms with Crippen LogP contribution in [-0.4, -0.2) is 22.0 Å². The van der Waals surface area contributed by atoms with Gasteiger partial charge in [-0.15, -0.1) is 0 Å². The summed E-state index contributed by atoms with van der Waals surface area (Å²) in [7, 11) is 0. The highest BCUT2D eigenvalue weighted by molar-refractivity contribution is 5.87. The minimum atomic E-state index is -0.968. The zero-order valence-corrected chi connectivity index (χ0v) is 11.6. The lowest BCUT2D eigenvalue weighted by Crippen LogP contribution is -2.24. The Morgan fingerprint density at radius 3 is 2.57 bits per heavy atom. The normalized spacial score (nSPS) is 12.4. The van der Waals surface area contributed by atoms with Crippen molar-refractivity contribution in [3.8, 4) is 0 Å². The highest BCUT2D eigenvalue weighted by atomic mass is 16.3. The van der Waals surface area contributed by atoms with Gasteiger partial charge in [-0.25, -0.2) is 0 Å². The number of aliphatic hydroxyl groups is 1. The number of ketones is 1. The third-order valence-corrected chi connectivity index (χ3v) is 3.68. The molecular formula is C18H17NO2. The van der Waals surface area contributed by atoms with Crippen LogP contribution in [-0.2, 0) is 17.6 Å². The van der Waals surface area contributed by atoms with Crippen LogP contribution in [0.4, 0.5) is 0 Å². The number of carbonyl (C=O) groups excluding carboxylic acids is 1. The van der Waals surface area contributed by atoms with Crippen LogP contribution in [0.3, 0.4) is 0 Å². The maximum Gasteiger partial charge on any atom is 0.165 e. The van der Waals surface area contributed by atoms with E-state index in [9.17, 15) is 9.90 Å². The Kier molecular flexibility index (Phi) is 3.84. The molecule has 3 nitrogen and oxygen atoms in total. The number of fused-ring (bicyclic) bond motifs is 1. The molecule has 0 fully saturated rings. The molecule has 0 saturated carbocycles. The van der Waals surface area contributed by atoms with E-state index in [1.165, 1.54) is 0 Å².